The van der Waals surface area contributed by atoms with E-state index in [9.17, 15) is 9.59 Å². The number of benzene rings is 1. The van der Waals surface area contributed by atoms with Crippen molar-refractivity contribution in [3.63, 3.8) is 0 Å². The van der Waals surface area contributed by atoms with Gasteiger partial charge in [0.15, 0.2) is 17.3 Å². The van der Waals surface area contributed by atoms with E-state index in [2.05, 4.69) is 35.5 Å². The molecule has 0 unspecified atom stereocenters. The third-order valence-electron chi connectivity index (χ3n) is 6.31. The number of amides is 1. The van der Waals surface area contributed by atoms with Crippen LogP contribution in [0.5, 0.6) is 0 Å². The van der Waals surface area contributed by atoms with Gasteiger partial charge in [-0.25, -0.2) is 14.4 Å². The van der Waals surface area contributed by atoms with Gasteiger partial charge in [-0.2, -0.15) is 5.10 Å². The molecule has 0 fully saturated rings. The second-order valence-corrected chi connectivity index (χ2v) is 10.1. The molecule has 0 spiro atoms. The van der Waals surface area contributed by atoms with E-state index < -0.39 is 5.82 Å². The molecule has 0 atom stereocenters. The number of hydrogen-bond donors (Lipinski definition) is 3. The molecule has 5 heterocycles. The molecular weight excluding hydrogens is 517 g/mol. The van der Waals surface area contributed by atoms with E-state index in [1.54, 1.807) is 36.7 Å². The summed E-state index contributed by atoms with van der Waals surface area (Å²) in [6, 6.07) is 10.6. The van der Waals surface area contributed by atoms with Gasteiger partial charge in [-0.3, -0.25) is 19.7 Å². The predicted molar refractivity (Wildman–Crippen MR) is 149 cm³/mol. The predicted octanol–water partition coefficient (Wildman–Crippen LogP) is 6.37. The lowest BCUT2D eigenvalue weighted by atomic mass is 10.0. The highest BCUT2D eigenvalue weighted by atomic mass is 32.1. The van der Waals surface area contributed by atoms with Crippen LogP contribution in [0.15, 0.2) is 55.0 Å². The Labute approximate surface area is 225 Å². The van der Waals surface area contributed by atoms with Gasteiger partial charge in [-0.05, 0) is 49.7 Å². The van der Waals surface area contributed by atoms with Gasteiger partial charge in [0, 0.05) is 40.4 Å². The number of halogens is 1. The number of carbonyl (C=O) groups excluding carboxylic acids is 2. The monoisotopic (exact) mass is 539 g/mol. The van der Waals surface area contributed by atoms with Gasteiger partial charge in [0.1, 0.15) is 11.5 Å². The first-order valence-electron chi connectivity index (χ1n) is 12.3. The van der Waals surface area contributed by atoms with Crippen LogP contribution in [0.25, 0.3) is 55.2 Å². The first kappa shape index (κ1) is 24.6. The summed E-state index contributed by atoms with van der Waals surface area (Å²) in [5.74, 6) is -0.259. The molecule has 5 aromatic heterocycles. The minimum Gasteiger partial charge on any atom is -0.335 e. The number of aromatic nitrogens is 6. The van der Waals surface area contributed by atoms with E-state index in [0.717, 1.165) is 16.9 Å². The number of pyridine rings is 2. The summed E-state index contributed by atoms with van der Waals surface area (Å²) in [4.78, 5) is 41.8. The molecule has 194 valence electrons. The first-order valence-corrected chi connectivity index (χ1v) is 13.1. The van der Waals surface area contributed by atoms with Gasteiger partial charge >= 0.3 is 0 Å². The molecule has 0 aliphatic carbocycles. The van der Waals surface area contributed by atoms with E-state index in [-0.39, 0.29) is 17.1 Å². The normalized spacial score (nSPS) is 11.4. The number of ketones is 1. The van der Waals surface area contributed by atoms with Crippen molar-refractivity contribution >= 4 is 50.8 Å². The van der Waals surface area contributed by atoms with Crippen molar-refractivity contribution in [3.05, 3.63) is 65.7 Å². The lowest BCUT2D eigenvalue weighted by Crippen LogP contribution is -2.10. The van der Waals surface area contributed by atoms with Gasteiger partial charge in [0.25, 0.3) is 0 Å². The maximum absolute atomic E-state index is 16.1. The fraction of sp³-hybridized carbons (Fsp3) is 0.143. The topological polar surface area (TPSA) is 129 Å². The quantitative estimate of drug-likeness (QED) is 0.202. The average Bonchev–Trinajstić information content (AvgIpc) is 3.67. The van der Waals surface area contributed by atoms with E-state index >= 15 is 4.39 Å². The van der Waals surface area contributed by atoms with Crippen molar-refractivity contribution in [1.29, 1.82) is 0 Å². The lowest BCUT2D eigenvalue weighted by Gasteiger charge is -2.08. The highest BCUT2D eigenvalue weighted by molar-refractivity contribution is 7.17. The average molecular weight is 540 g/mol. The van der Waals surface area contributed by atoms with Crippen LogP contribution >= 0.6 is 11.3 Å². The van der Waals surface area contributed by atoms with Crippen LogP contribution in [0, 0.1) is 5.82 Å². The van der Waals surface area contributed by atoms with Gasteiger partial charge in [-0.15, -0.1) is 11.3 Å². The number of anilines is 1. The summed E-state index contributed by atoms with van der Waals surface area (Å²) in [6.45, 7) is 3.46. The molecule has 0 radical (unpaired) electrons. The fourth-order valence-electron chi connectivity index (χ4n) is 4.47. The molecule has 6 aromatic rings. The minimum absolute atomic E-state index is 0.000184. The summed E-state index contributed by atoms with van der Waals surface area (Å²) < 4.78 is 16.1. The summed E-state index contributed by atoms with van der Waals surface area (Å²) in [7, 11) is 0. The molecule has 3 N–H and O–H groups in total. The van der Waals surface area contributed by atoms with E-state index in [1.165, 1.54) is 24.5 Å². The van der Waals surface area contributed by atoms with E-state index in [4.69, 9.17) is 0 Å². The minimum atomic E-state index is -0.493. The zero-order chi connectivity index (χ0) is 27.1. The maximum Gasteiger partial charge on any atom is 0.224 e. The number of nitrogens with one attached hydrogen (secondary N) is 3. The standard InChI is InChI=1S/C28H22FN7O2S/c1-3-4-22(38)32-16-11-15(12-30-13-16)17-5-6-19-23(24(17)29)26(36-35-19)28-33-25-18(9-10-31-27(25)34-28)21-8-7-20(39-21)14(2)37/h5-13H,3-4H2,1-2H3,(H,32,38)(H,35,36)(H,31,33,34). The van der Waals surface area contributed by atoms with Crippen LogP contribution in [-0.4, -0.2) is 41.8 Å². The number of rotatable bonds is 7. The number of carbonyl (C=O) groups is 2. The number of H-pyrrole nitrogens is 2. The maximum atomic E-state index is 16.1. The number of hydrogen-bond acceptors (Lipinski definition) is 7. The summed E-state index contributed by atoms with van der Waals surface area (Å²) in [5.41, 5.74) is 4.09. The van der Waals surface area contributed by atoms with Crippen molar-refractivity contribution < 1.29 is 14.0 Å². The summed E-state index contributed by atoms with van der Waals surface area (Å²) >= 11 is 1.39. The molecule has 39 heavy (non-hydrogen) atoms. The van der Waals surface area contributed by atoms with Gasteiger partial charge in [0.2, 0.25) is 5.91 Å². The van der Waals surface area contributed by atoms with Crippen molar-refractivity contribution in [2.24, 2.45) is 0 Å². The molecular formula is C28H22FN7O2S. The molecule has 0 saturated carbocycles. The van der Waals surface area contributed by atoms with Gasteiger partial charge in [0.05, 0.1) is 33.2 Å². The van der Waals surface area contributed by atoms with E-state index in [1.807, 2.05) is 19.1 Å². The number of aromatic amines is 2. The fourth-order valence-corrected chi connectivity index (χ4v) is 5.41. The number of Topliss-reactive ketones (excluding diaryl/α,β-unsaturated/α-hetero) is 1. The first-order chi connectivity index (χ1) is 18.9. The molecule has 0 bridgehead atoms. The second kappa shape index (κ2) is 9.84. The Morgan fingerprint density at radius 1 is 1.10 bits per heavy atom. The molecule has 1 amide bonds. The molecule has 9 nitrogen and oxygen atoms in total. The molecule has 0 aliphatic rings. The number of thiophene rings is 1. The van der Waals surface area contributed by atoms with Crippen LogP contribution in [0.2, 0.25) is 0 Å². The smallest absolute Gasteiger partial charge is 0.224 e. The van der Waals surface area contributed by atoms with Crippen LogP contribution in [0.4, 0.5) is 10.1 Å². The van der Waals surface area contributed by atoms with E-state index in [0.29, 0.717) is 56.3 Å². The molecule has 0 aliphatic heterocycles. The molecule has 6 rings (SSSR count). The second-order valence-electron chi connectivity index (χ2n) is 9.04. The summed E-state index contributed by atoms with van der Waals surface area (Å²) in [5, 5.41) is 10.3. The number of nitrogens with zero attached hydrogens (tertiary/aromatic N) is 4. The lowest BCUT2D eigenvalue weighted by molar-refractivity contribution is -0.116. The van der Waals surface area contributed by atoms with Crippen molar-refractivity contribution in [2.75, 3.05) is 5.32 Å². The molecule has 1 aromatic carbocycles. The van der Waals surface area contributed by atoms with Crippen molar-refractivity contribution in [1.82, 2.24) is 30.1 Å². The molecule has 0 saturated heterocycles. The Morgan fingerprint density at radius 2 is 1.97 bits per heavy atom. The Kier molecular flexibility index (Phi) is 6.20. The van der Waals surface area contributed by atoms with Crippen LogP contribution in [-0.2, 0) is 4.79 Å². The highest BCUT2D eigenvalue weighted by Gasteiger charge is 2.21. The Bertz CT molecular complexity index is 1890. The van der Waals surface area contributed by atoms with Crippen molar-refractivity contribution in [2.45, 2.75) is 26.7 Å². The zero-order valence-corrected chi connectivity index (χ0v) is 21.8. The SMILES string of the molecule is CCCC(=O)Nc1cncc(-c2ccc3[nH]nc(-c4nc5nccc(-c6ccc(C(C)=O)s6)c5[nH]4)c3c2F)c1. The van der Waals surface area contributed by atoms with Gasteiger partial charge in [-0.1, -0.05) is 6.92 Å². The Balaban J connectivity index is 1.43. The largest absolute Gasteiger partial charge is 0.335 e. The van der Waals surface area contributed by atoms with Crippen molar-refractivity contribution in [3.8, 4) is 33.1 Å². The molecule has 11 heteroatoms. The van der Waals surface area contributed by atoms with Crippen LogP contribution in [0.1, 0.15) is 36.4 Å². The Morgan fingerprint density at radius 3 is 2.77 bits per heavy atom. The highest BCUT2D eigenvalue weighted by Crippen LogP contribution is 2.36. The zero-order valence-electron chi connectivity index (χ0n) is 21.0. The van der Waals surface area contributed by atoms with Crippen LogP contribution < -0.4 is 5.32 Å². The summed E-state index contributed by atoms with van der Waals surface area (Å²) in [6.07, 6.45) is 5.84. The number of fused-ring (bicyclic) bond motifs is 2. The third-order valence-corrected chi connectivity index (χ3v) is 7.53. The Hall–Kier alpha value is -4.77. The number of imidazole rings is 1. The van der Waals surface area contributed by atoms with Gasteiger partial charge < -0.3 is 10.3 Å². The van der Waals surface area contributed by atoms with Crippen LogP contribution in [0.3, 0.4) is 0 Å². The third kappa shape index (κ3) is 4.46.